The lowest BCUT2D eigenvalue weighted by Gasteiger charge is -2.09. The molecule has 1 aliphatic rings. The van der Waals surface area contributed by atoms with E-state index in [1.807, 2.05) is 0 Å². The van der Waals surface area contributed by atoms with Crippen molar-refractivity contribution in [2.24, 2.45) is 16.7 Å². The Morgan fingerprint density at radius 3 is 2.41 bits per heavy atom. The fourth-order valence-corrected chi connectivity index (χ4v) is 2.78. The first-order chi connectivity index (χ1) is 7.76. The molecule has 1 aliphatic carbocycles. The molecule has 94 valence electrons. The summed E-state index contributed by atoms with van der Waals surface area (Å²) in [7, 11) is 0. The van der Waals surface area contributed by atoms with Crippen LogP contribution < -0.4 is 11.1 Å². The molecule has 0 bridgehead atoms. The van der Waals surface area contributed by atoms with E-state index < -0.39 is 0 Å². The smallest absolute Gasteiger partial charge is 0.150 e. The number of hydrogen-bond donors (Lipinski definition) is 2. The Labute approximate surface area is 108 Å². The number of nitrogens with zero attached hydrogens (tertiary/aromatic N) is 1. The lowest BCUT2D eigenvalue weighted by molar-refractivity contribution is 0.457. The minimum Gasteiger partial charge on any atom is -0.396 e. The Morgan fingerprint density at radius 1 is 1.29 bits per heavy atom. The van der Waals surface area contributed by atoms with E-state index in [1.165, 1.54) is 0 Å². The van der Waals surface area contributed by atoms with Gasteiger partial charge >= 0.3 is 0 Å². The third-order valence-corrected chi connectivity index (χ3v) is 4.90. The average molecular weight is 254 g/mol. The second-order valence-corrected chi connectivity index (χ2v) is 6.34. The Morgan fingerprint density at radius 2 is 1.88 bits per heavy atom. The van der Waals surface area contributed by atoms with Crippen LogP contribution in [0.5, 0.6) is 0 Å². The Kier molecular flexibility index (Phi) is 2.77. The van der Waals surface area contributed by atoms with Gasteiger partial charge in [0, 0.05) is 6.54 Å². The van der Waals surface area contributed by atoms with Gasteiger partial charge in [0.15, 0.2) is 5.82 Å². The summed E-state index contributed by atoms with van der Waals surface area (Å²) in [5, 5.41) is 3.77. The van der Waals surface area contributed by atoms with Gasteiger partial charge in [-0.1, -0.05) is 39.3 Å². The van der Waals surface area contributed by atoms with Crippen LogP contribution in [0.2, 0.25) is 5.15 Å². The molecule has 3 nitrogen and oxygen atoms in total. The molecule has 2 rings (SSSR count). The van der Waals surface area contributed by atoms with Gasteiger partial charge in [-0.05, 0) is 28.9 Å². The molecule has 0 amide bonds. The molecule has 0 aliphatic heterocycles. The maximum absolute atomic E-state index is 5.85. The summed E-state index contributed by atoms with van der Waals surface area (Å²) in [4.78, 5) is 4.20. The first-order valence-electron chi connectivity index (χ1n) is 5.92. The van der Waals surface area contributed by atoms with Gasteiger partial charge in [0.2, 0.25) is 0 Å². The van der Waals surface area contributed by atoms with E-state index in [1.54, 1.807) is 12.1 Å². The number of rotatable bonds is 3. The van der Waals surface area contributed by atoms with Crippen molar-refractivity contribution >= 4 is 23.1 Å². The lowest BCUT2D eigenvalue weighted by Crippen LogP contribution is -2.11. The van der Waals surface area contributed by atoms with E-state index in [4.69, 9.17) is 17.3 Å². The van der Waals surface area contributed by atoms with Gasteiger partial charge in [-0.25, -0.2) is 4.98 Å². The lowest BCUT2D eigenvalue weighted by atomic mass is 10.0. The van der Waals surface area contributed by atoms with Gasteiger partial charge in [0.1, 0.15) is 5.15 Å². The topological polar surface area (TPSA) is 50.9 Å². The van der Waals surface area contributed by atoms with Crippen LogP contribution in [-0.4, -0.2) is 11.5 Å². The summed E-state index contributed by atoms with van der Waals surface area (Å²) in [6.45, 7) is 10.1. The molecule has 3 N–H and O–H groups in total. The monoisotopic (exact) mass is 253 g/mol. The molecule has 0 saturated heterocycles. The van der Waals surface area contributed by atoms with Crippen molar-refractivity contribution in [3.8, 4) is 0 Å². The molecule has 17 heavy (non-hydrogen) atoms. The van der Waals surface area contributed by atoms with Gasteiger partial charge in [-0.2, -0.15) is 0 Å². The van der Waals surface area contributed by atoms with Gasteiger partial charge in [0.25, 0.3) is 0 Å². The van der Waals surface area contributed by atoms with Gasteiger partial charge in [0.05, 0.1) is 5.69 Å². The van der Waals surface area contributed by atoms with E-state index in [2.05, 4.69) is 38.0 Å². The highest BCUT2D eigenvalue weighted by Crippen LogP contribution is 2.68. The fraction of sp³-hybridized carbons (Fsp3) is 0.615. The predicted molar refractivity (Wildman–Crippen MR) is 73.2 cm³/mol. The number of nitrogen functional groups attached to an aromatic ring is 1. The van der Waals surface area contributed by atoms with E-state index >= 15 is 0 Å². The predicted octanol–water partition coefficient (Wildman–Crippen LogP) is 3.41. The van der Waals surface area contributed by atoms with Gasteiger partial charge < -0.3 is 11.1 Å². The van der Waals surface area contributed by atoms with Crippen LogP contribution in [0, 0.1) is 16.7 Å². The van der Waals surface area contributed by atoms with Crippen LogP contribution in [0.1, 0.15) is 27.7 Å². The molecule has 1 aromatic rings. The molecule has 4 heteroatoms. The highest BCUT2D eigenvalue weighted by Gasteiger charge is 2.64. The van der Waals surface area contributed by atoms with Crippen molar-refractivity contribution in [3.05, 3.63) is 17.3 Å². The Balaban J connectivity index is 2.03. The first kappa shape index (κ1) is 12.5. The average Bonchev–Trinajstić information content (AvgIpc) is 2.60. The zero-order chi connectivity index (χ0) is 12.8. The summed E-state index contributed by atoms with van der Waals surface area (Å²) in [5.74, 6) is 1.33. The number of aromatic nitrogens is 1. The Bertz CT molecular complexity index is 426. The quantitative estimate of drug-likeness (QED) is 0.812. The number of hydrogen-bond acceptors (Lipinski definition) is 3. The third-order valence-electron chi connectivity index (χ3n) is 4.69. The summed E-state index contributed by atoms with van der Waals surface area (Å²) in [6.07, 6.45) is 0. The largest absolute Gasteiger partial charge is 0.396 e. The number of pyridine rings is 1. The maximum Gasteiger partial charge on any atom is 0.150 e. The molecule has 1 heterocycles. The van der Waals surface area contributed by atoms with Crippen LogP contribution >= 0.6 is 11.6 Å². The summed E-state index contributed by atoms with van der Waals surface area (Å²) in [5.41, 5.74) is 7.23. The minimum absolute atomic E-state index is 0.368. The normalized spacial score (nSPS) is 21.2. The van der Waals surface area contributed by atoms with Gasteiger partial charge in [-0.15, -0.1) is 0 Å². The highest BCUT2D eigenvalue weighted by molar-refractivity contribution is 6.29. The number of nitrogens with one attached hydrogen (secondary N) is 1. The van der Waals surface area contributed by atoms with Crippen molar-refractivity contribution in [2.45, 2.75) is 27.7 Å². The minimum atomic E-state index is 0.368. The molecule has 1 saturated carbocycles. The van der Waals surface area contributed by atoms with Crippen molar-refractivity contribution in [1.82, 2.24) is 4.98 Å². The summed E-state index contributed by atoms with van der Waals surface area (Å²) < 4.78 is 0. The van der Waals surface area contributed by atoms with E-state index in [9.17, 15) is 0 Å². The summed E-state index contributed by atoms with van der Waals surface area (Å²) in [6, 6.07) is 3.48. The van der Waals surface area contributed by atoms with Crippen LogP contribution in [-0.2, 0) is 0 Å². The van der Waals surface area contributed by atoms with Crippen molar-refractivity contribution in [3.63, 3.8) is 0 Å². The number of nitrogens with two attached hydrogens (primary N) is 1. The van der Waals surface area contributed by atoms with E-state index in [0.717, 1.165) is 6.54 Å². The van der Waals surface area contributed by atoms with Crippen LogP contribution in [0.3, 0.4) is 0 Å². The van der Waals surface area contributed by atoms with Crippen molar-refractivity contribution < 1.29 is 0 Å². The molecular formula is C13H20ClN3. The molecular weight excluding hydrogens is 234 g/mol. The van der Waals surface area contributed by atoms with Crippen molar-refractivity contribution in [1.29, 1.82) is 0 Å². The second kappa shape index (κ2) is 3.77. The number of anilines is 2. The fourth-order valence-electron chi connectivity index (χ4n) is 2.63. The molecule has 1 fully saturated rings. The molecule has 0 unspecified atom stereocenters. The third kappa shape index (κ3) is 1.97. The zero-order valence-electron chi connectivity index (χ0n) is 10.8. The van der Waals surface area contributed by atoms with Crippen molar-refractivity contribution in [2.75, 3.05) is 17.6 Å². The molecule has 0 aromatic carbocycles. The molecule has 0 atom stereocenters. The first-order valence-corrected chi connectivity index (χ1v) is 6.30. The standard InChI is InChI=1S/C13H20ClN3/c1-12(2)9(13(12,3)4)7-16-11-8(15)5-6-10(14)17-11/h5-6,9H,7,15H2,1-4H3,(H,16,17). The summed E-state index contributed by atoms with van der Waals surface area (Å²) >= 11 is 5.85. The second-order valence-electron chi connectivity index (χ2n) is 5.95. The SMILES string of the molecule is CC1(C)C(CNc2nc(Cl)ccc2N)C1(C)C. The molecule has 0 spiro atoms. The van der Waals surface area contributed by atoms with E-state index in [0.29, 0.717) is 33.4 Å². The van der Waals surface area contributed by atoms with Crippen LogP contribution in [0.15, 0.2) is 12.1 Å². The highest BCUT2D eigenvalue weighted by atomic mass is 35.5. The van der Waals surface area contributed by atoms with Crippen LogP contribution in [0.4, 0.5) is 11.5 Å². The van der Waals surface area contributed by atoms with E-state index in [-0.39, 0.29) is 0 Å². The zero-order valence-corrected chi connectivity index (χ0v) is 11.6. The Hall–Kier alpha value is -0.960. The molecule has 0 radical (unpaired) electrons. The molecule has 1 aromatic heterocycles. The maximum atomic E-state index is 5.85. The van der Waals surface area contributed by atoms with Crippen LogP contribution in [0.25, 0.3) is 0 Å². The van der Waals surface area contributed by atoms with Gasteiger partial charge in [-0.3, -0.25) is 0 Å². The number of halogens is 1.